The molecule has 1 N–H and O–H groups in total. The number of ether oxygens (including phenoxy) is 1. The Morgan fingerprint density at radius 2 is 1.69 bits per heavy atom. The maximum absolute atomic E-state index is 13.2. The molecule has 7 nitrogen and oxygen atoms in total. The molecular weight excluding hydrogens is 720 g/mol. The number of carbonyl (C=O) groups excluding carboxylic acids is 1. The topological polar surface area (TPSA) is 60.4 Å². The van der Waals surface area contributed by atoms with Crippen LogP contribution < -0.4 is 10.1 Å². The molecule has 0 saturated carbocycles. The summed E-state index contributed by atoms with van der Waals surface area (Å²) in [4.78, 5) is 24.5. The summed E-state index contributed by atoms with van der Waals surface area (Å²) in [7, 11) is 2.11. The Hall–Kier alpha value is -2.37. The summed E-state index contributed by atoms with van der Waals surface area (Å²) in [6.45, 7) is 5.71. The molecule has 3 fully saturated rings. The van der Waals surface area contributed by atoms with Crippen LogP contribution >= 0.6 is 45.8 Å². The van der Waals surface area contributed by atoms with Crippen LogP contribution in [0, 0.1) is 3.57 Å². The Labute approximate surface area is 289 Å². The van der Waals surface area contributed by atoms with Crippen molar-refractivity contribution in [3.05, 3.63) is 91.0 Å². The van der Waals surface area contributed by atoms with Crippen LogP contribution in [-0.2, 0) is 5.41 Å². The quantitative estimate of drug-likeness (QED) is 0.285. The van der Waals surface area contributed by atoms with Gasteiger partial charge in [0.1, 0.15) is 11.9 Å². The van der Waals surface area contributed by atoms with Crippen LogP contribution in [0.3, 0.4) is 0 Å². The van der Waals surface area contributed by atoms with E-state index in [1.165, 1.54) is 5.56 Å². The first kappa shape index (κ1) is 31.2. The molecular formula is C35H38Cl2IN5O2. The molecule has 0 aromatic heterocycles. The number of hydrogen-bond acceptors (Lipinski definition) is 5. The van der Waals surface area contributed by atoms with Gasteiger partial charge in [-0.05, 0) is 96.2 Å². The second-order valence-electron chi connectivity index (χ2n) is 12.7. The number of hydrogen-bond donors (Lipinski definition) is 1. The van der Waals surface area contributed by atoms with E-state index in [0.29, 0.717) is 18.1 Å². The minimum Gasteiger partial charge on any atom is -0.490 e. The fourth-order valence-corrected chi connectivity index (χ4v) is 8.52. The van der Waals surface area contributed by atoms with Crippen LogP contribution in [0.4, 0.5) is 10.5 Å². The molecule has 4 heterocycles. The lowest BCUT2D eigenvalue weighted by Gasteiger charge is -2.48. The number of nitrogens with zero attached hydrogens (tertiary/aromatic N) is 4. The van der Waals surface area contributed by atoms with E-state index >= 15 is 0 Å². The number of urea groups is 1. The highest BCUT2D eigenvalue weighted by molar-refractivity contribution is 14.1. The van der Waals surface area contributed by atoms with Gasteiger partial charge in [-0.25, -0.2) is 4.79 Å². The Kier molecular flexibility index (Phi) is 9.04. The normalized spacial score (nSPS) is 25.5. The van der Waals surface area contributed by atoms with E-state index in [9.17, 15) is 4.79 Å². The molecule has 0 radical (unpaired) electrons. The summed E-state index contributed by atoms with van der Waals surface area (Å²) in [6, 6.07) is 20.9. The van der Waals surface area contributed by atoms with Crippen LogP contribution in [0.25, 0.3) is 0 Å². The third-order valence-electron chi connectivity index (χ3n) is 9.99. The molecule has 3 aromatic carbocycles. The number of carbonyl (C=O) groups is 1. The number of piperazine rings is 1. The van der Waals surface area contributed by atoms with Gasteiger partial charge in [-0.15, -0.1) is 0 Å². The number of fused-ring (bicyclic) bond motifs is 2. The molecule has 4 aliphatic rings. The number of likely N-dealkylation sites (tertiary alicyclic amines) is 1. The van der Waals surface area contributed by atoms with Gasteiger partial charge in [-0.3, -0.25) is 4.99 Å². The number of benzene rings is 3. The van der Waals surface area contributed by atoms with Gasteiger partial charge in [0.05, 0.1) is 17.1 Å². The summed E-state index contributed by atoms with van der Waals surface area (Å²) in [5, 5.41) is 5.32. The van der Waals surface area contributed by atoms with Crippen LogP contribution in [-0.4, -0.2) is 85.9 Å². The maximum Gasteiger partial charge on any atom is 0.320 e. The van der Waals surface area contributed by atoms with Crippen molar-refractivity contribution in [1.82, 2.24) is 20.0 Å². The second-order valence-corrected chi connectivity index (χ2v) is 14.8. The molecule has 1 spiro atoms. The highest BCUT2D eigenvalue weighted by Gasteiger charge is 2.53. The summed E-state index contributed by atoms with van der Waals surface area (Å²) >= 11 is 15.4. The first-order chi connectivity index (χ1) is 21.8. The average Bonchev–Trinajstić information content (AvgIpc) is 3.40. The molecule has 2 amide bonds. The van der Waals surface area contributed by atoms with Crippen molar-refractivity contribution in [3.8, 4) is 5.75 Å². The maximum atomic E-state index is 13.2. The van der Waals surface area contributed by atoms with Gasteiger partial charge in [0, 0.05) is 83.4 Å². The highest BCUT2D eigenvalue weighted by atomic mass is 127. The SMILES string of the molecule is CN1CCN(C(=O)N2CCC(Oc3ccc(I)cc3[C@@H]3NCC[C@@H](c4cccc(Cl)c4)[C@]34C=Nc3cc(Cl)ccc34)CC2)CC1. The fourth-order valence-electron chi connectivity index (χ4n) is 7.64. The van der Waals surface area contributed by atoms with Crippen LogP contribution in [0.15, 0.2) is 65.7 Å². The molecule has 0 bridgehead atoms. The number of halogens is 3. The molecule has 10 heteroatoms. The molecule has 0 aliphatic carbocycles. The molecule has 4 aliphatic heterocycles. The predicted molar refractivity (Wildman–Crippen MR) is 190 cm³/mol. The number of aliphatic imine (C=N–C) groups is 1. The molecule has 7 rings (SSSR count). The minimum atomic E-state index is -0.469. The lowest BCUT2D eigenvalue weighted by Crippen LogP contribution is -2.54. The van der Waals surface area contributed by atoms with E-state index in [2.05, 4.69) is 82.5 Å². The lowest BCUT2D eigenvalue weighted by molar-refractivity contribution is 0.0829. The van der Waals surface area contributed by atoms with Gasteiger partial charge >= 0.3 is 6.03 Å². The van der Waals surface area contributed by atoms with E-state index in [4.69, 9.17) is 32.9 Å². The third kappa shape index (κ3) is 6.09. The van der Waals surface area contributed by atoms with E-state index in [1.807, 2.05) is 34.1 Å². The number of amides is 2. The first-order valence-corrected chi connectivity index (χ1v) is 17.7. The minimum absolute atomic E-state index is 0.0342. The summed E-state index contributed by atoms with van der Waals surface area (Å²) in [5.41, 5.74) is 3.93. The molecule has 3 atom stereocenters. The predicted octanol–water partition coefficient (Wildman–Crippen LogP) is 7.28. The second kappa shape index (κ2) is 13.0. The third-order valence-corrected chi connectivity index (χ3v) is 11.1. The van der Waals surface area contributed by atoms with E-state index in [0.717, 1.165) is 83.1 Å². The Morgan fingerprint density at radius 3 is 2.47 bits per heavy atom. The van der Waals surface area contributed by atoms with Crippen molar-refractivity contribution in [2.75, 3.05) is 52.9 Å². The van der Waals surface area contributed by atoms with Crippen molar-refractivity contribution < 1.29 is 9.53 Å². The Balaban J connectivity index is 1.18. The van der Waals surface area contributed by atoms with E-state index in [1.54, 1.807) is 0 Å². The molecule has 3 aromatic rings. The van der Waals surface area contributed by atoms with Crippen molar-refractivity contribution in [2.45, 2.75) is 42.7 Å². The van der Waals surface area contributed by atoms with E-state index < -0.39 is 5.41 Å². The van der Waals surface area contributed by atoms with Gasteiger partial charge in [-0.2, -0.15) is 0 Å². The Morgan fingerprint density at radius 1 is 0.933 bits per heavy atom. The Bertz CT molecular complexity index is 1600. The number of piperidine rings is 2. The van der Waals surface area contributed by atoms with Crippen LogP contribution in [0.5, 0.6) is 5.75 Å². The number of likely N-dealkylation sites (N-methyl/N-ethyl adjacent to an activating group) is 1. The largest absolute Gasteiger partial charge is 0.490 e. The van der Waals surface area contributed by atoms with Crippen molar-refractivity contribution in [2.24, 2.45) is 4.99 Å². The zero-order chi connectivity index (χ0) is 31.1. The summed E-state index contributed by atoms with van der Waals surface area (Å²) < 4.78 is 8.01. The fraction of sp³-hybridized carbons (Fsp3) is 0.429. The summed E-state index contributed by atoms with van der Waals surface area (Å²) in [6.07, 6.45) is 4.73. The monoisotopic (exact) mass is 757 g/mol. The standard InChI is InChI=1S/C35H38Cl2IN5O2/c1-41-15-17-43(18-16-41)34(44)42-13-10-27(11-14-42)45-32-8-6-26(38)21-28(32)33-35(22-40-31-20-25(37)5-7-30(31)35)29(9-12-39-33)23-3-2-4-24(36)19-23/h2-8,19-22,27,29,33,39H,9-18H2,1H3/t29-,33-,35-/m0/s1. The molecule has 45 heavy (non-hydrogen) atoms. The average molecular weight is 759 g/mol. The summed E-state index contributed by atoms with van der Waals surface area (Å²) in [5.74, 6) is 1.03. The van der Waals surface area contributed by atoms with Crippen molar-refractivity contribution in [1.29, 1.82) is 0 Å². The number of nitrogens with one attached hydrogen (secondary N) is 1. The molecule has 0 unspecified atom stereocenters. The molecule has 3 saturated heterocycles. The van der Waals surface area contributed by atoms with Gasteiger partial charge in [0.25, 0.3) is 0 Å². The zero-order valence-electron chi connectivity index (χ0n) is 25.4. The van der Waals surface area contributed by atoms with Crippen molar-refractivity contribution >= 4 is 63.7 Å². The first-order valence-electron chi connectivity index (χ1n) is 15.8. The van der Waals surface area contributed by atoms with Crippen LogP contribution in [0.2, 0.25) is 10.0 Å². The molecule has 236 valence electrons. The van der Waals surface area contributed by atoms with Gasteiger partial charge in [-0.1, -0.05) is 41.4 Å². The lowest BCUT2D eigenvalue weighted by atomic mass is 9.60. The van der Waals surface area contributed by atoms with Gasteiger partial charge < -0.3 is 24.8 Å². The van der Waals surface area contributed by atoms with E-state index in [-0.39, 0.29) is 24.1 Å². The highest BCUT2D eigenvalue weighted by Crippen LogP contribution is 2.57. The van der Waals surface area contributed by atoms with Crippen LogP contribution in [0.1, 0.15) is 47.9 Å². The number of rotatable bonds is 4. The zero-order valence-corrected chi connectivity index (χ0v) is 29.1. The van der Waals surface area contributed by atoms with Gasteiger partial charge in [0.2, 0.25) is 0 Å². The van der Waals surface area contributed by atoms with Gasteiger partial charge in [0.15, 0.2) is 0 Å². The van der Waals surface area contributed by atoms with Crippen molar-refractivity contribution in [3.63, 3.8) is 0 Å². The smallest absolute Gasteiger partial charge is 0.320 e.